The number of methoxy groups -OCH3 is 1. The Kier molecular flexibility index (Phi) is 7.29. The van der Waals surface area contributed by atoms with Gasteiger partial charge in [-0.3, -0.25) is 14.7 Å². The van der Waals surface area contributed by atoms with Gasteiger partial charge >= 0.3 is 6.03 Å². The summed E-state index contributed by atoms with van der Waals surface area (Å²) < 4.78 is 5.74. The van der Waals surface area contributed by atoms with Crippen LogP contribution in [-0.4, -0.2) is 78.7 Å². The van der Waals surface area contributed by atoms with Crippen molar-refractivity contribution in [3.8, 4) is 5.75 Å². The summed E-state index contributed by atoms with van der Waals surface area (Å²) in [5.41, 5.74) is 8.45. The Morgan fingerprint density at radius 2 is 1.87 bits per heavy atom. The number of hydrogen-bond donors (Lipinski definition) is 2. The highest BCUT2D eigenvalue weighted by Gasteiger charge is 2.39. The maximum absolute atomic E-state index is 13.1. The molecule has 38 heavy (non-hydrogen) atoms. The minimum atomic E-state index is -0.517. The molecule has 0 unspecified atom stereocenters. The largest absolute Gasteiger partial charge is 0.494 e. The summed E-state index contributed by atoms with van der Waals surface area (Å²) in [6.45, 7) is 4.45. The van der Waals surface area contributed by atoms with Crippen molar-refractivity contribution in [2.45, 2.75) is 57.4 Å². The Hall–Kier alpha value is -3.60. The normalized spacial score (nSPS) is 19.2. The lowest BCUT2D eigenvalue weighted by Gasteiger charge is -2.45. The van der Waals surface area contributed by atoms with E-state index in [0.29, 0.717) is 41.0 Å². The van der Waals surface area contributed by atoms with Crippen LogP contribution in [0, 0.1) is 0 Å². The molecule has 0 radical (unpaired) electrons. The van der Waals surface area contributed by atoms with Crippen LogP contribution in [0.5, 0.6) is 5.75 Å². The van der Waals surface area contributed by atoms with Crippen LogP contribution in [0.15, 0.2) is 18.3 Å². The summed E-state index contributed by atoms with van der Waals surface area (Å²) in [7, 11) is 5.40. The van der Waals surface area contributed by atoms with E-state index >= 15 is 0 Å². The fraction of sp³-hybridized carbons (Fsp3) is 0.556. The van der Waals surface area contributed by atoms with Gasteiger partial charge in [-0.05, 0) is 70.3 Å². The van der Waals surface area contributed by atoms with Gasteiger partial charge in [-0.25, -0.2) is 14.8 Å². The number of primary amides is 1. The minimum absolute atomic E-state index is 0.0894. The number of ether oxygens (including phenoxy) is 1. The molecule has 1 aromatic carbocycles. The van der Waals surface area contributed by atoms with Gasteiger partial charge in [0, 0.05) is 13.6 Å². The number of hydrazine groups is 1. The summed E-state index contributed by atoms with van der Waals surface area (Å²) >= 11 is 0. The molecule has 1 aromatic heterocycles. The van der Waals surface area contributed by atoms with Gasteiger partial charge < -0.3 is 20.7 Å². The van der Waals surface area contributed by atoms with Gasteiger partial charge in [0.05, 0.1) is 30.6 Å². The predicted molar refractivity (Wildman–Crippen MR) is 147 cm³/mol. The Morgan fingerprint density at radius 3 is 2.50 bits per heavy atom. The molecule has 11 nitrogen and oxygen atoms in total. The molecule has 1 saturated heterocycles. The van der Waals surface area contributed by atoms with E-state index in [9.17, 15) is 9.59 Å². The van der Waals surface area contributed by atoms with Gasteiger partial charge in [0.15, 0.2) is 11.6 Å². The zero-order valence-corrected chi connectivity index (χ0v) is 22.7. The van der Waals surface area contributed by atoms with Gasteiger partial charge in [-0.1, -0.05) is 18.9 Å². The maximum atomic E-state index is 13.1. The quantitative estimate of drug-likeness (QED) is 0.565. The molecule has 1 saturated carbocycles. The van der Waals surface area contributed by atoms with Crippen molar-refractivity contribution >= 4 is 35.1 Å². The number of anilines is 4. The monoisotopic (exact) mass is 522 g/mol. The van der Waals surface area contributed by atoms with E-state index in [0.717, 1.165) is 57.2 Å². The van der Waals surface area contributed by atoms with Crippen molar-refractivity contribution in [1.82, 2.24) is 19.9 Å². The number of piperidine rings is 1. The number of hydrogen-bond acceptors (Lipinski definition) is 8. The van der Waals surface area contributed by atoms with E-state index in [1.807, 2.05) is 24.1 Å². The predicted octanol–water partition coefficient (Wildman–Crippen LogP) is 3.69. The second kappa shape index (κ2) is 10.6. The molecule has 0 bridgehead atoms. The number of nitrogens with zero attached hydrogens (tertiary/aromatic N) is 6. The molecule has 2 aliphatic heterocycles. The van der Waals surface area contributed by atoms with Crippen LogP contribution < -0.4 is 25.7 Å². The molecule has 3 heterocycles. The number of carbonyl (C=O) groups is 2. The lowest BCUT2D eigenvalue weighted by atomic mass is 9.85. The number of fused-ring (bicyclic) bond motifs is 1. The number of rotatable bonds is 7. The zero-order chi connectivity index (χ0) is 27.0. The minimum Gasteiger partial charge on any atom is -0.494 e. The summed E-state index contributed by atoms with van der Waals surface area (Å²) in [6, 6.07) is 3.99. The second-order valence-corrected chi connectivity index (χ2v) is 10.4. The lowest BCUT2D eigenvalue weighted by Crippen LogP contribution is -2.59. The van der Waals surface area contributed by atoms with Crippen molar-refractivity contribution < 1.29 is 14.3 Å². The highest BCUT2D eigenvalue weighted by molar-refractivity contribution is 6.00. The summed E-state index contributed by atoms with van der Waals surface area (Å²) in [5.74, 6) is 1.16. The van der Waals surface area contributed by atoms with Gasteiger partial charge in [-0.2, -0.15) is 4.98 Å². The van der Waals surface area contributed by atoms with E-state index in [1.54, 1.807) is 30.3 Å². The van der Waals surface area contributed by atoms with Crippen molar-refractivity contribution in [2.24, 2.45) is 5.73 Å². The van der Waals surface area contributed by atoms with E-state index in [4.69, 9.17) is 15.5 Å². The topological polar surface area (TPSA) is 120 Å². The van der Waals surface area contributed by atoms with Crippen molar-refractivity contribution in [3.63, 3.8) is 0 Å². The first-order chi connectivity index (χ1) is 18.3. The number of nitrogens with one attached hydrogen (secondary N) is 1. The maximum Gasteiger partial charge on any atom is 0.343 e. The van der Waals surface area contributed by atoms with Crippen LogP contribution in [0.2, 0.25) is 0 Å². The van der Waals surface area contributed by atoms with Gasteiger partial charge in [0.2, 0.25) is 5.95 Å². The molecular weight excluding hydrogens is 484 g/mol. The Bertz CT molecular complexity index is 1210. The standard InChI is InChI=1S/C27H38N8O3/c1-5-34-27(37)33(3)21-16-29-26(31-25(21)35(34)18-8-6-7-9-18)30-20-11-10-19(17-12-14-32(2)15-13-17)22(24(28)36)23(20)38-4/h10-11,16-18H,5-9,12-15H2,1-4H3,(H2,28,36)(H,29,30,31). The Labute approximate surface area is 223 Å². The number of amides is 3. The third kappa shape index (κ3) is 4.59. The Morgan fingerprint density at radius 1 is 1.16 bits per heavy atom. The number of nitrogens with two attached hydrogens (primary N) is 1. The SMILES string of the molecule is CCN1C(=O)N(C)c2cnc(Nc3ccc(C4CCN(C)CC4)c(C(N)=O)c3OC)nc2N1C1CCCC1. The molecule has 11 heteroatoms. The summed E-state index contributed by atoms with van der Waals surface area (Å²) in [6.07, 6.45) is 7.86. The summed E-state index contributed by atoms with van der Waals surface area (Å²) in [5, 5.41) is 7.07. The smallest absolute Gasteiger partial charge is 0.343 e. The van der Waals surface area contributed by atoms with Gasteiger partial charge in [0.25, 0.3) is 5.91 Å². The first kappa shape index (κ1) is 26.0. The number of likely N-dealkylation sites (tertiary alicyclic amines) is 1. The first-order valence-corrected chi connectivity index (χ1v) is 13.5. The molecule has 0 atom stereocenters. The molecule has 3 N–H and O–H groups in total. The Balaban J connectivity index is 1.52. The fourth-order valence-corrected chi connectivity index (χ4v) is 6.06. The highest BCUT2D eigenvalue weighted by atomic mass is 16.5. The van der Waals surface area contributed by atoms with Crippen molar-refractivity contribution in [3.05, 3.63) is 29.5 Å². The molecule has 5 rings (SSSR count). The molecule has 0 spiro atoms. The fourth-order valence-electron chi connectivity index (χ4n) is 6.06. The number of aromatic nitrogens is 2. The van der Waals surface area contributed by atoms with Crippen LogP contribution in [0.4, 0.5) is 27.9 Å². The lowest BCUT2D eigenvalue weighted by molar-refractivity contribution is 0.0995. The molecule has 2 aromatic rings. The molecule has 2 fully saturated rings. The molecular formula is C27H38N8O3. The van der Waals surface area contributed by atoms with E-state index in [2.05, 4.69) is 22.2 Å². The van der Waals surface area contributed by atoms with Gasteiger partial charge in [-0.15, -0.1) is 0 Å². The van der Waals surface area contributed by atoms with E-state index < -0.39 is 5.91 Å². The molecule has 204 valence electrons. The van der Waals surface area contributed by atoms with Crippen LogP contribution in [0.3, 0.4) is 0 Å². The highest BCUT2D eigenvalue weighted by Crippen LogP contribution is 2.41. The number of urea groups is 1. The molecule has 3 aliphatic rings. The van der Waals surface area contributed by atoms with Crippen molar-refractivity contribution in [2.75, 3.05) is 56.1 Å². The first-order valence-electron chi connectivity index (χ1n) is 13.5. The van der Waals surface area contributed by atoms with Crippen molar-refractivity contribution in [1.29, 1.82) is 0 Å². The second-order valence-electron chi connectivity index (χ2n) is 10.4. The molecule has 3 amide bonds. The van der Waals surface area contributed by atoms with E-state index in [-0.39, 0.29) is 18.0 Å². The van der Waals surface area contributed by atoms with Crippen LogP contribution in [-0.2, 0) is 0 Å². The zero-order valence-electron chi connectivity index (χ0n) is 22.7. The number of carbonyl (C=O) groups excluding carboxylic acids is 2. The van der Waals surface area contributed by atoms with E-state index in [1.165, 1.54) is 0 Å². The van der Waals surface area contributed by atoms with Gasteiger partial charge in [0.1, 0.15) is 5.69 Å². The van der Waals surface area contributed by atoms with Crippen LogP contribution in [0.1, 0.15) is 67.3 Å². The van der Waals surface area contributed by atoms with Crippen LogP contribution >= 0.6 is 0 Å². The third-order valence-electron chi connectivity index (χ3n) is 8.11. The summed E-state index contributed by atoms with van der Waals surface area (Å²) in [4.78, 5) is 39.0. The average Bonchev–Trinajstić information content (AvgIpc) is 3.45. The molecule has 1 aliphatic carbocycles. The number of benzene rings is 1. The van der Waals surface area contributed by atoms with Crippen LogP contribution in [0.25, 0.3) is 0 Å². The third-order valence-corrected chi connectivity index (χ3v) is 8.11. The average molecular weight is 523 g/mol.